The van der Waals surface area contributed by atoms with Crippen LogP contribution in [0.5, 0.6) is 0 Å². The van der Waals surface area contributed by atoms with Crippen LogP contribution in [-0.2, 0) is 0 Å². The summed E-state index contributed by atoms with van der Waals surface area (Å²) in [6, 6.07) is 24.7. The lowest BCUT2D eigenvalue weighted by molar-refractivity contribution is 0.0992. The van der Waals surface area contributed by atoms with Crippen LogP contribution in [0.15, 0.2) is 72.8 Å². The number of amides is 1. The Hall–Kier alpha value is -3.33. The van der Waals surface area contributed by atoms with Crippen molar-refractivity contribution in [2.75, 3.05) is 4.90 Å². The van der Waals surface area contributed by atoms with E-state index < -0.39 is 0 Å². The summed E-state index contributed by atoms with van der Waals surface area (Å²) in [5.74, 6) is 0.0916. The van der Waals surface area contributed by atoms with Crippen molar-refractivity contribution in [3.05, 3.63) is 95.2 Å². The third-order valence-electron chi connectivity index (χ3n) is 5.78. The SMILES string of the molecule is Cc1c2n(c3ccccc13)-c1ccccc1N1C(=O)c3ccccc3C21. The molecule has 0 saturated heterocycles. The summed E-state index contributed by atoms with van der Waals surface area (Å²) < 4.78 is 2.34. The molecule has 3 heterocycles. The maximum atomic E-state index is 13.2. The van der Waals surface area contributed by atoms with Gasteiger partial charge in [-0.05, 0) is 42.3 Å². The molecule has 1 aromatic heterocycles. The highest BCUT2D eigenvalue weighted by Crippen LogP contribution is 2.50. The zero-order valence-corrected chi connectivity index (χ0v) is 14.3. The lowest BCUT2D eigenvalue weighted by Gasteiger charge is -2.34. The van der Waals surface area contributed by atoms with Crippen LogP contribution in [0, 0.1) is 6.92 Å². The Morgan fingerprint density at radius 3 is 2.38 bits per heavy atom. The fourth-order valence-electron chi connectivity index (χ4n) is 4.70. The van der Waals surface area contributed by atoms with Crippen LogP contribution in [-0.4, -0.2) is 10.5 Å². The Kier molecular flexibility index (Phi) is 2.48. The highest BCUT2D eigenvalue weighted by molar-refractivity contribution is 6.13. The van der Waals surface area contributed by atoms with Crippen molar-refractivity contribution in [1.29, 1.82) is 0 Å². The van der Waals surface area contributed by atoms with E-state index in [-0.39, 0.29) is 11.9 Å². The summed E-state index contributed by atoms with van der Waals surface area (Å²) in [6.07, 6.45) is 0. The first kappa shape index (κ1) is 13.9. The Morgan fingerprint density at radius 1 is 0.808 bits per heavy atom. The van der Waals surface area contributed by atoms with Crippen molar-refractivity contribution in [3.63, 3.8) is 0 Å². The van der Waals surface area contributed by atoms with E-state index in [0.717, 1.165) is 22.5 Å². The molecule has 0 aliphatic carbocycles. The van der Waals surface area contributed by atoms with Crippen LogP contribution in [0.25, 0.3) is 16.6 Å². The molecule has 2 aliphatic heterocycles. The smallest absolute Gasteiger partial charge is 0.259 e. The van der Waals surface area contributed by atoms with Gasteiger partial charge in [0, 0.05) is 10.9 Å². The number of carbonyl (C=O) groups is 1. The topological polar surface area (TPSA) is 25.2 Å². The van der Waals surface area contributed by atoms with E-state index in [1.165, 1.54) is 22.2 Å². The number of hydrogen-bond acceptors (Lipinski definition) is 1. The third-order valence-corrected chi connectivity index (χ3v) is 5.78. The minimum absolute atomic E-state index is 0.0685. The second kappa shape index (κ2) is 4.64. The predicted octanol–water partition coefficient (Wildman–Crippen LogP) is 5.00. The lowest BCUT2D eigenvalue weighted by Crippen LogP contribution is -2.34. The van der Waals surface area contributed by atoms with Crippen LogP contribution in [0.2, 0.25) is 0 Å². The zero-order valence-electron chi connectivity index (χ0n) is 14.3. The first-order chi connectivity index (χ1) is 12.8. The maximum absolute atomic E-state index is 13.2. The highest BCUT2D eigenvalue weighted by Gasteiger charge is 2.45. The molecule has 0 saturated carbocycles. The number of aryl methyl sites for hydroxylation is 1. The summed E-state index contributed by atoms with van der Waals surface area (Å²) in [4.78, 5) is 15.2. The molecule has 26 heavy (non-hydrogen) atoms. The summed E-state index contributed by atoms with van der Waals surface area (Å²) >= 11 is 0. The molecular formula is C23H16N2O. The molecule has 3 heteroatoms. The van der Waals surface area contributed by atoms with Gasteiger partial charge in [0.2, 0.25) is 0 Å². The minimum Gasteiger partial charge on any atom is -0.309 e. The third kappa shape index (κ3) is 1.47. The lowest BCUT2D eigenvalue weighted by atomic mass is 9.97. The molecular weight excluding hydrogens is 320 g/mol. The average molecular weight is 336 g/mol. The van der Waals surface area contributed by atoms with Crippen LogP contribution in [0.4, 0.5) is 5.69 Å². The van der Waals surface area contributed by atoms with Gasteiger partial charge < -0.3 is 4.57 Å². The van der Waals surface area contributed by atoms with Crippen molar-refractivity contribution >= 4 is 22.5 Å². The van der Waals surface area contributed by atoms with Gasteiger partial charge in [-0.2, -0.15) is 0 Å². The van der Waals surface area contributed by atoms with E-state index in [1.807, 2.05) is 35.2 Å². The molecule has 0 fully saturated rings. The molecule has 2 aliphatic rings. The van der Waals surface area contributed by atoms with Gasteiger partial charge in [0.05, 0.1) is 22.6 Å². The molecule has 0 bridgehead atoms. The average Bonchev–Trinajstić information content (AvgIpc) is 3.16. The van der Waals surface area contributed by atoms with E-state index in [2.05, 4.69) is 54.0 Å². The molecule has 0 N–H and O–H groups in total. The van der Waals surface area contributed by atoms with Crippen molar-refractivity contribution < 1.29 is 4.79 Å². The van der Waals surface area contributed by atoms with Gasteiger partial charge in [0.25, 0.3) is 5.91 Å². The first-order valence-electron chi connectivity index (χ1n) is 8.89. The van der Waals surface area contributed by atoms with Crippen molar-refractivity contribution in [2.45, 2.75) is 13.0 Å². The predicted molar refractivity (Wildman–Crippen MR) is 103 cm³/mol. The van der Waals surface area contributed by atoms with Gasteiger partial charge in [0.1, 0.15) is 6.04 Å². The number of fused-ring (bicyclic) bond motifs is 10. The van der Waals surface area contributed by atoms with Crippen LogP contribution >= 0.6 is 0 Å². The van der Waals surface area contributed by atoms with E-state index in [0.29, 0.717) is 0 Å². The van der Waals surface area contributed by atoms with E-state index in [1.54, 1.807) is 0 Å². The molecule has 124 valence electrons. The number of benzene rings is 3. The van der Waals surface area contributed by atoms with Crippen LogP contribution in [0.3, 0.4) is 0 Å². The molecule has 6 rings (SSSR count). The van der Waals surface area contributed by atoms with Crippen molar-refractivity contribution in [2.24, 2.45) is 0 Å². The quantitative estimate of drug-likeness (QED) is 0.443. The number of hydrogen-bond donors (Lipinski definition) is 0. The normalized spacial score (nSPS) is 17.0. The molecule has 1 unspecified atom stereocenters. The molecule has 4 aromatic rings. The van der Waals surface area contributed by atoms with Gasteiger partial charge in [-0.25, -0.2) is 0 Å². The molecule has 0 spiro atoms. The number of carbonyl (C=O) groups excluding carboxylic acids is 1. The molecule has 1 amide bonds. The minimum atomic E-state index is -0.0685. The summed E-state index contributed by atoms with van der Waals surface area (Å²) in [5, 5.41) is 1.25. The number of aromatic nitrogens is 1. The fraction of sp³-hybridized carbons (Fsp3) is 0.0870. The summed E-state index contributed by atoms with van der Waals surface area (Å²) in [5.41, 5.74) is 7.60. The van der Waals surface area contributed by atoms with E-state index >= 15 is 0 Å². The van der Waals surface area contributed by atoms with Gasteiger partial charge in [0.15, 0.2) is 0 Å². The van der Waals surface area contributed by atoms with Crippen molar-refractivity contribution in [3.8, 4) is 5.69 Å². The monoisotopic (exact) mass is 336 g/mol. The molecule has 1 atom stereocenters. The van der Waals surface area contributed by atoms with Gasteiger partial charge in [-0.15, -0.1) is 0 Å². The second-order valence-corrected chi connectivity index (χ2v) is 7.02. The van der Waals surface area contributed by atoms with Gasteiger partial charge >= 0.3 is 0 Å². The maximum Gasteiger partial charge on any atom is 0.259 e. The summed E-state index contributed by atoms with van der Waals surface area (Å²) in [7, 11) is 0. The highest BCUT2D eigenvalue weighted by atomic mass is 16.2. The standard InChI is InChI=1S/C23H16N2O/c1-14-15-8-4-5-11-18(15)24-19-12-6-7-13-20(19)25-22(21(14)24)16-9-2-3-10-17(16)23(25)26/h2-13,22H,1H3. The number of nitrogens with zero attached hydrogens (tertiary/aromatic N) is 2. The van der Waals surface area contributed by atoms with Gasteiger partial charge in [-0.3, -0.25) is 9.69 Å². The van der Waals surface area contributed by atoms with Crippen LogP contribution in [0.1, 0.15) is 33.2 Å². The molecule has 3 aromatic carbocycles. The largest absolute Gasteiger partial charge is 0.309 e. The Bertz CT molecular complexity index is 1230. The second-order valence-electron chi connectivity index (χ2n) is 7.02. The van der Waals surface area contributed by atoms with E-state index in [4.69, 9.17) is 0 Å². The number of para-hydroxylation sites is 3. The molecule has 3 nitrogen and oxygen atoms in total. The van der Waals surface area contributed by atoms with E-state index in [9.17, 15) is 4.79 Å². The van der Waals surface area contributed by atoms with Crippen molar-refractivity contribution in [1.82, 2.24) is 4.57 Å². The number of rotatable bonds is 0. The van der Waals surface area contributed by atoms with Gasteiger partial charge in [-0.1, -0.05) is 48.5 Å². The summed E-state index contributed by atoms with van der Waals surface area (Å²) in [6.45, 7) is 2.17. The Morgan fingerprint density at radius 2 is 1.50 bits per heavy atom. The van der Waals surface area contributed by atoms with Crippen LogP contribution < -0.4 is 4.90 Å². The fourth-order valence-corrected chi connectivity index (χ4v) is 4.70. The number of anilines is 1. The Balaban J connectivity index is 1.82. The molecule has 0 radical (unpaired) electrons. The first-order valence-corrected chi connectivity index (χ1v) is 8.89. The Labute approximate surface area is 151 Å². The zero-order chi connectivity index (χ0) is 17.4.